The Hall–Kier alpha value is -0.990. The number of hydrogen-bond acceptors (Lipinski definition) is 2. The summed E-state index contributed by atoms with van der Waals surface area (Å²) in [5, 5.41) is 3.19. The van der Waals surface area contributed by atoms with Gasteiger partial charge in [0.25, 0.3) is 0 Å². The van der Waals surface area contributed by atoms with Gasteiger partial charge in [0, 0.05) is 32.4 Å². The molecule has 1 aliphatic rings. The molecule has 0 saturated carbocycles. The van der Waals surface area contributed by atoms with Crippen molar-refractivity contribution in [3.8, 4) is 0 Å². The van der Waals surface area contributed by atoms with Crippen LogP contribution in [-0.4, -0.2) is 31.4 Å². The average Bonchev–Trinajstić information content (AvgIpc) is 2.06. The minimum atomic E-state index is 0.0489. The van der Waals surface area contributed by atoms with Gasteiger partial charge in [-0.15, -0.1) is 0 Å². The number of allylic oxidation sites excluding steroid dienone is 1. The summed E-state index contributed by atoms with van der Waals surface area (Å²) in [4.78, 5) is 12.8. The zero-order valence-electron chi connectivity index (χ0n) is 7.63. The fourth-order valence-corrected chi connectivity index (χ4v) is 1.05. The number of nitrogens with one attached hydrogen (secondary N) is 1. The molecule has 1 rings (SSSR count). The van der Waals surface area contributed by atoms with Gasteiger partial charge >= 0.3 is 0 Å². The highest BCUT2D eigenvalue weighted by Gasteiger charge is 2.07. The lowest BCUT2D eigenvalue weighted by molar-refractivity contribution is -0.123. The number of likely N-dealkylation sites (N-methyl/N-ethyl adjacent to an activating group) is 1. The second-order valence-electron chi connectivity index (χ2n) is 3.11. The van der Waals surface area contributed by atoms with Gasteiger partial charge in [-0.3, -0.25) is 4.79 Å². The van der Waals surface area contributed by atoms with Gasteiger partial charge in [-0.2, -0.15) is 0 Å². The summed E-state index contributed by atoms with van der Waals surface area (Å²) in [6.45, 7) is 0.951. The van der Waals surface area contributed by atoms with E-state index in [4.69, 9.17) is 0 Å². The van der Waals surface area contributed by atoms with Crippen LogP contribution < -0.4 is 5.32 Å². The topological polar surface area (TPSA) is 32.3 Å². The summed E-state index contributed by atoms with van der Waals surface area (Å²) in [7, 11) is 3.51. The van der Waals surface area contributed by atoms with Gasteiger partial charge in [-0.05, 0) is 19.3 Å². The van der Waals surface area contributed by atoms with Crippen molar-refractivity contribution in [2.24, 2.45) is 0 Å². The van der Waals surface area contributed by atoms with E-state index in [-0.39, 0.29) is 5.91 Å². The van der Waals surface area contributed by atoms with E-state index < -0.39 is 0 Å². The predicted octanol–water partition coefficient (Wildman–Crippen LogP) is 0.546. The van der Waals surface area contributed by atoms with Crippen LogP contribution >= 0.6 is 0 Å². The number of carbonyl (C=O) groups excluding carboxylic acids is 1. The molecule has 0 unspecified atom stereocenters. The van der Waals surface area contributed by atoms with Crippen LogP contribution in [0.4, 0.5) is 0 Å². The Bertz CT molecular complexity index is 189. The molecule has 1 N–H and O–H groups in total. The first-order valence-corrected chi connectivity index (χ1v) is 4.17. The molecule has 1 aliphatic heterocycles. The maximum absolute atomic E-state index is 11.2. The van der Waals surface area contributed by atoms with E-state index in [9.17, 15) is 4.79 Å². The lowest BCUT2D eigenvalue weighted by atomic mass is 10.1. The van der Waals surface area contributed by atoms with Crippen molar-refractivity contribution in [1.29, 1.82) is 0 Å². The summed E-state index contributed by atoms with van der Waals surface area (Å²) in [6, 6.07) is 0. The lowest BCUT2D eigenvalue weighted by Gasteiger charge is -2.17. The molecule has 0 atom stereocenters. The molecular weight excluding hydrogens is 152 g/mol. The van der Waals surface area contributed by atoms with Crippen molar-refractivity contribution >= 4 is 5.91 Å². The van der Waals surface area contributed by atoms with Gasteiger partial charge in [0.05, 0.1) is 0 Å². The maximum Gasteiger partial charge on any atom is 0.247 e. The molecule has 0 aliphatic carbocycles. The SMILES string of the molecule is CN(C)C(=O)C=C1C[CH]CCN1. The first-order chi connectivity index (χ1) is 5.70. The summed E-state index contributed by atoms with van der Waals surface area (Å²) in [6.07, 6.45) is 5.83. The van der Waals surface area contributed by atoms with Crippen LogP contribution in [0, 0.1) is 6.42 Å². The molecule has 3 heteroatoms. The zero-order valence-corrected chi connectivity index (χ0v) is 7.63. The highest BCUT2D eigenvalue weighted by atomic mass is 16.2. The fourth-order valence-electron chi connectivity index (χ4n) is 1.05. The van der Waals surface area contributed by atoms with Crippen molar-refractivity contribution in [2.45, 2.75) is 12.8 Å². The lowest BCUT2D eigenvalue weighted by Crippen LogP contribution is -2.25. The number of rotatable bonds is 1. The Balaban J connectivity index is 2.48. The molecule has 12 heavy (non-hydrogen) atoms. The van der Waals surface area contributed by atoms with E-state index >= 15 is 0 Å². The molecule has 1 fully saturated rings. The van der Waals surface area contributed by atoms with Gasteiger partial charge in [-0.25, -0.2) is 0 Å². The molecule has 0 aromatic rings. The molecule has 1 amide bonds. The van der Waals surface area contributed by atoms with Gasteiger partial charge in [0.1, 0.15) is 0 Å². The molecule has 1 radical (unpaired) electrons. The minimum absolute atomic E-state index is 0.0489. The molecule has 0 aromatic carbocycles. The minimum Gasteiger partial charge on any atom is -0.388 e. The van der Waals surface area contributed by atoms with Gasteiger partial charge in [0.15, 0.2) is 0 Å². The first kappa shape index (κ1) is 9.10. The van der Waals surface area contributed by atoms with Gasteiger partial charge < -0.3 is 10.2 Å². The summed E-state index contributed by atoms with van der Waals surface area (Å²) in [5.74, 6) is 0.0489. The second-order valence-corrected chi connectivity index (χ2v) is 3.11. The summed E-state index contributed by atoms with van der Waals surface area (Å²) >= 11 is 0. The van der Waals surface area contributed by atoms with Crippen LogP contribution in [0.15, 0.2) is 11.8 Å². The third-order valence-corrected chi connectivity index (χ3v) is 1.80. The van der Waals surface area contributed by atoms with Gasteiger partial charge in [0.2, 0.25) is 5.91 Å². The zero-order chi connectivity index (χ0) is 8.97. The van der Waals surface area contributed by atoms with Crippen LogP contribution in [0.2, 0.25) is 0 Å². The van der Waals surface area contributed by atoms with E-state index in [2.05, 4.69) is 11.7 Å². The van der Waals surface area contributed by atoms with E-state index in [1.54, 1.807) is 25.1 Å². The molecule has 0 spiro atoms. The second kappa shape index (κ2) is 4.14. The highest BCUT2D eigenvalue weighted by Crippen LogP contribution is 2.08. The largest absolute Gasteiger partial charge is 0.388 e. The monoisotopic (exact) mass is 167 g/mol. The van der Waals surface area contributed by atoms with Crippen LogP contribution in [0.25, 0.3) is 0 Å². The Labute approximate surface area is 73.4 Å². The normalized spacial score (nSPS) is 20.3. The molecule has 0 aromatic heterocycles. The number of hydrogen-bond donors (Lipinski definition) is 1. The predicted molar refractivity (Wildman–Crippen MR) is 48.3 cm³/mol. The molecule has 0 bridgehead atoms. The van der Waals surface area contributed by atoms with Gasteiger partial charge in [-0.1, -0.05) is 0 Å². The third-order valence-electron chi connectivity index (χ3n) is 1.80. The van der Waals surface area contributed by atoms with E-state index in [0.29, 0.717) is 0 Å². The van der Waals surface area contributed by atoms with Crippen molar-refractivity contribution in [3.05, 3.63) is 18.2 Å². The number of nitrogens with zero attached hydrogens (tertiary/aromatic N) is 1. The third kappa shape index (κ3) is 2.57. The average molecular weight is 167 g/mol. The van der Waals surface area contributed by atoms with Crippen LogP contribution in [0.3, 0.4) is 0 Å². The van der Waals surface area contributed by atoms with E-state index in [1.807, 2.05) is 0 Å². The molecule has 1 heterocycles. The number of carbonyl (C=O) groups is 1. The Morgan fingerprint density at radius 2 is 2.42 bits per heavy atom. The van der Waals surface area contributed by atoms with Crippen LogP contribution in [0.1, 0.15) is 12.8 Å². The first-order valence-electron chi connectivity index (χ1n) is 4.17. The van der Waals surface area contributed by atoms with Crippen LogP contribution in [0.5, 0.6) is 0 Å². The smallest absolute Gasteiger partial charge is 0.247 e. The number of amides is 1. The Kier molecular flexibility index (Phi) is 3.14. The number of piperidine rings is 1. The van der Waals surface area contributed by atoms with Crippen molar-refractivity contribution < 1.29 is 4.79 Å². The van der Waals surface area contributed by atoms with E-state index in [0.717, 1.165) is 25.1 Å². The molecule has 1 saturated heterocycles. The summed E-state index contributed by atoms with van der Waals surface area (Å²) < 4.78 is 0. The van der Waals surface area contributed by atoms with Crippen molar-refractivity contribution in [2.75, 3.05) is 20.6 Å². The quantitative estimate of drug-likeness (QED) is 0.578. The molecular formula is C9H15N2O. The van der Waals surface area contributed by atoms with E-state index in [1.165, 1.54) is 0 Å². The van der Waals surface area contributed by atoms with Crippen LogP contribution in [-0.2, 0) is 4.79 Å². The summed E-state index contributed by atoms with van der Waals surface area (Å²) in [5.41, 5.74) is 1.03. The standard InChI is InChI=1S/C9H15N2O/c1-11(2)9(12)7-8-5-3-4-6-10-8/h3,7,10H,4-6H2,1-2H3. The fraction of sp³-hybridized carbons (Fsp3) is 0.556. The molecule has 3 nitrogen and oxygen atoms in total. The Morgan fingerprint density at radius 1 is 1.67 bits per heavy atom. The maximum atomic E-state index is 11.2. The molecule has 67 valence electrons. The Morgan fingerprint density at radius 3 is 2.92 bits per heavy atom. The van der Waals surface area contributed by atoms with Crippen molar-refractivity contribution in [1.82, 2.24) is 10.2 Å². The van der Waals surface area contributed by atoms with Crippen molar-refractivity contribution in [3.63, 3.8) is 0 Å². The highest BCUT2D eigenvalue weighted by molar-refractivity contribution is 5.87.